The van der Waals surface area contributed by atoms with Gasteiger partial charge in [0.2, 0.25) is 0 Å². The number of methoxy groups -OCH3 is 1. The molecule has 0 radical (unpaired) electrons. The number of hydrogen-bond donors (Lipinski definition) is 1. The molecular formula is C16H14BrN3O. The van der Waals surface area contributed by atoms with E-state index < -0.39 is 0 Å². The molecule has 106 valence electrons. The minimum atomic E-state index is 0.613. The molecule has 0 spiro atoms. The number of ether oxygens (including phenoxy) is 1. The number of nitrogen functional groups attached to an aromatic ring is 1. The molecular weight excluding hydrogens is 330 g/mol. The van der Waals surface area contributed by atoms with Gasteiger partial charge in [-0.25, -0.2) is 4.68 Å². The van der Waals surface area contributed by atoms with Crippen LogP contribution in [-0.2, 0) is 0 Å². The number of rotatable bonds is 3. The van der Waals surface area contributed by atoms with Crippen molar-refractivity contribution < 1.29 is 4.74 Å². The van der Waals surface area contributed by atoms with Crippen LogP contribution < -0.4 is 10.5 Å². The Kier molecular flexibility index (Phi) is 3.66. The van der Waals surface area contributed by atoms with Crippen LogP contribution in [0.5, 0.6) is 5.75 Å². The second kappa shape index (κ2) is 5.61. The normalized spacial score (nSPS) is 10.6. The van der Waals surface area contributed by atoms with Crippen LogP contribution in [0.4, 0.5) is 5.82 Å². The van der Waals surface area contributed by atoms with Crippen LogP contribution in [0, 0.1) is 0 Å². The number of nitrogens with zero attached hydrogens (tertiary/aromatic N) is 2. The number of aromatic nitrogens is 2. The summed E-state index contributed by atoms with van der Waals surface area (Å²) in [7, 11) is 1.64. The van der Waals surface area contributed by atoms with Gasteiger partial charge in [0, 0.05) is 10.0 Å². The van der Waals surface area contributed by atoms with Crippen molar-refractivity contribution in [3.8, 4) is 22.6 Å². The van der Waals surface area contributed by atoms with Crippen LogP contribution in [0.1, 0.15) is 0 Å². The molecule has 0 aliphatic carbocycles. The molecule has 0 amide bonds. The third kappa shape index (κ3) is 2.64. The first-order chi connectivity index (χ1) is 10.2. The smallest absolute Gasteiger partial charge is 0.135 e. The summed E-state index contributed by atoms with van der Waals surface area (Å²) in [5.41, 5.74) is 9.09. The second-order valence-corrected chi connectivity index (χ2v) is 5.48. The average molecular weight is 344 g/mol. The number of anilines is 1. The molecule has 2 N–H and O–H groups in total. The molecule has 4 nitrogen and oxygen atoms in total. The lowest BCUT2D eigenvalue weighted by Crippen LogP contribution is -2.02. The van der Waals surface area contributed by atoms with Gasteiger partial charge in [-0.3, -0.25) is 0 Å². The van der Waals surface area contributed by atoms with E-state index in [0.29, 0.717) is 5.82 Å². The molecule has 21 heavy (non-hydrogen) atoms. The lowest BCUT2D eigenvalue weighted by atomic mass is 10.1. The fraction of sp³-hybridized carbons (Fsp3) is 0.0625. The molecule has 3 rings (SSSR count). The van der Waals surface area contributed by atoms with E-state index in [9.17, 15) is 0 Å². The monoisotopic (exact) mass is 343 g/mol. The Morgan fingerprint density at radius 2 is 1.71 bits per heavy atom. The maximum Gasteiger partial charge on any atom is 0.135 e. The summed E-state index contributed by atoms with van der Waals surface area (Å²) >= 11 is 3.43. The van der Waals surface area contributed by atoms with Crippen molar-refractivity contribution in [3.63, 3.8) is 0 Å². The highest BCUT2D eigenvalue weighted by Gasteiger charge is 2.11. The van der Waals surface area contributed by atoms with Crippen molar-refractivity contribution in [1.29, 1.82) is 0 Å². The van der Waals surface area contributed by atoms with Crippen molar-refractivity contribution in [1.82, 2.24) is 9.78 Å². The SMILES string of the molecule is COc1ccc(-n2ncc(-c3ccc(Br)cc3)c2N)cc1. The third-order valence-corrected chi connectivity index (χ3v) is 3.81. The van der Waals surface area contributed by atoms with Gasteiger partial charge < -0.3 is 10.5 Å². The average Bonchev–Trinajstić information content (AvgIpc) is 2.90. The van der Waals surface area contributed by atoms with E-state index in [1.807, 2.05) is 48.5 Å². The maximum absolute atomic E-state index is 6.23. The predicted octanol–water partition coefficient (Wildman–Crippen LogP) is 3.89. The first kappa shape index (κ1) is 13.7. The van der Waals surface area contributed by atoms with Gasteiger partial charge in [0.15, 0.2) is 0 Å². The summed E-state index contributed by atoms with van der Waals surface area (Å²) < 4.78 is 7.91. The van der Waals surface area contributed by atoms with Crippen LogP contribution in [0.25, 0.3) is 16.8 Å². The van der Waals surface area contributed by atoms with E-state index in [-0.39, 0.29) is 0 Å². The Balaban J connectivity index is 2.00. The van der Waals surface area contributed by atoms with Crippen molar-refractivity contribution in [2.24, 2.45) is 0 Å². The Labute approximate surface area is 131 Å². The summed E-state index contributed by atoms with van der Waals surface area (Å²) in [6, 6.07) is 15.6. The van der Waals surface area contributed by atoms with Gasteiger partial charge in [-0.2, -0.15) is 5.10 Å². The summed E-state index contributed by atoms with van der Waals surface area (Å²) in [6.07, 6.45) is 1.78. The minimum Gasteiger partial charge on any atom is -0.497 e. The number of halogens is 1. The molecule has 0 unspecified atom stereocenters. The van der Waals surface area contributed by atoms with E-state index in [2.05, 4.69) is 21.0 Å². The standard InChI is InChI=1S/C16H14BrN3O/c1-21-14-8-6-13(7-9-14)20-16(18)15(10-19-20)11-2-4-12(17)5-3-11/h2-10H,18H2,1H3. The molecule has 3 aromatic rings. The predicted molar refractivity (Wildman–Crippen MR) is 87.7 cm³/mol. The van der Waals surface area contributed by atoms with Crippen LogP contribution in [-0.4, -0.2) is 16.9 Å². The van der Waals surface area contributed by atoms with Crippen molar-refractivity contribution >= 4 is 21.7 Å². The lowest BCUT2D eigenvalue weighted by Gasteiger charge is -2.06. The topological polar surface area (TPSA) is 53.1 Å². The Hall–Kier alpha value is -2.27. The minimum absolute atomic E-state index is 0.613. The first-order valence-electron chi connectivity index (χ1n) is 6.43. The number of benzene rings is 2. The number of nitrogens with two attached hydrogens (primary N) is 1. The van der Waals surface area contributed by atoms with Gasteiger partial charge in [-0.05, 0) is 42.0 Å². The van der Waals surface area contributed by atoms with E-state index in [0.717, 1.165) is 27.0 Å². The van der Waals surface area contributed by atoms with Crippen molar-refractivity contribution in [3.05, 3.63) is 59.2 Å². The fourth-order valence-corrected chi connectivity index (χ4v) is 2.40. The number of hydrogen-bond acceptors (Lipinski definition) is 3. The van der Waals surface area contributed by atoms with Crippen LogP contribution in [0.3, 0.4) is 0 Å². The summed E-state index contributed by atoms with van der Waals surface area (Å²) in [5, 5.41) is 4.38. The largest absolute Gasteiger partial charge is 0.497 e. The van der Waals surface area contributed by atoms with Gasteiger partial charge in [0.05, 0.1) is 19.0 Å². The van der Waals surface area contributed by atoms with E-state index in [4.69, 9.17) is 10.5 Å². The fourth-order valence-electron chi connectivity index (χ4n) is 2.14. The van der Waals surface area contributed by atoms with Gasteiger partial charge >= 0.3 is 0 Å². The van der Waals surface area contributed by atoms with Crippen LogP contribution >= 0.6 is 15.9 Å². The Morgan fingerprint density at radius 3 is 2.33 bits per heavy atom. The van der Waals surface area contributed by atoms with E-state index in [1.165, 1.54) is 0 Å². The molecule has 0 bridgehead atoms. The molecule has 0 fully saturated rings. The molecule has 2 aromatic carbocycles. The molecule has 1 aromatic heterocycles. The highest BCUT2D eigenvalue weighted by molar-refractivity contribution is 9.10. The Morgan fingerprint density at radius 1 is 1.05 bits per heavy atom. The van der Waals surface area contributed by atoms with Crippen molar-refractivity contribution in [2.45, 2.75) is 0 Å². The van der Waals surface area contributed by atoms with Crippen LogP contribution in [0.2, 0.25) is 0 Å². The van der Waals surface area contributed by atoms with Gasteiger partial charge in [-0.1, -0.05) is 28.1 Å². The summed E-state index contributed by atoms with van der Waals surface area (Å²) in [5.74, 6) is 1.42. The molecule has 0 saturated heterocycles. The van der Waals surface area contributed by atoms with Gasteiger partial charge in [0.1, 0.15) is 11.6 Å². The van der Waals surface area contributed by atoms with E-state index in [1.54, 1.807) is 18.0 Å². The summed E-state index contributed by atoms with van der Waals surface area (Å²) in [4.78, 5) is 0. The van der Waals surface area contributed by atoms with E-state index >= 15 is 0 Å². The van der Waals surface area contributed by atoms with Gasteiger partial charge in [0.25, 0.3) is 0 Å². The molecule has 0 aliphatic rings. The van der Waals surface area contributed by atoms with Crippen molar-refractivity contribution in [2.75, 3.05) is 12.8 Å². The molecule has 1 heterocycles. The quantitative estimate of drug-likeness (QED) is 0.784. The zero-order valence-electron chi connectivity index (χ0n) is 11.5. The summed E-state index contributed by atoms with van der Waals surface area (Å²) in [6.45, 7) is 0. The van der Waals surface area contributed by atoms with Gasteiger partial charge in [-0.15, -0.1) is 0 Å². The highest BCUT2D eigenvalue weighted by atomic mass is 79.9. The molecule has 0 aliphatic heterocycles. The maximum atomic E-state index is 6.23. The third-order valence-electron chi connectivity index (χ3n) is 3.28. The second-order valence-electron chi connectivity index (χ2n) is 4.56. The molecule has 5 heteroatoms. The lowest BCUT2D eigenvalue weighted by molar-refractivity contribution is 0.414. The molecule has 0 atom stereocenters. The Bertz CT molecular complexity index is 748. The zero-order chi connectivity index (χ0) is 14.8. The highest BCUT2D eigenvalue weighted by Crippen LogP contribution is 2.29. The van der Waals surface area contributed by atoms with Crippen LogP contribution in [0.15, 0.2) is 59.2 Å². The first-order valence-corrected chi connectivity index (χ1v) is 7.22. The molecule has 0 saturated carbocycles. The zero-order valence-corrected chi connectivity index (χ0v) is 13.0.